The van der Waals surface area contributed by atoms with Gasteiger partial charge in [0.1, 0.15) is 11.9 Å². The lowest BCUT2D eigenvalue weighted by molar-refractivity contribution is -0.138. The van der Waals surface area contributed by atoms with Crippen molar-refractivity contribution in [3.8, 4) is 0 Å². The summed E-state index contributed by atoms with van der Waals surface area (Å²) in [7, 11) is 0. The molecule has 1 aromatic carbocycles. The number of morpholine rings is 1. The molecule has 1 fully saturated rings. The first-order valence-corrected chi connectivity index (χ1v) is 10.0. The summed E-state index contributed by atoms with van der Waals surface area (Å²) in [5, 5.41) is 0. The van der Waals surface area contributed by atoms with Gasteiger partial charge in [0.25, 0.3) is 5.91 Å². The number of nitrogens with zero attached hydrogens (tertiary/aromatic N) is 3. The largest absolute Gasteiger partial charge is 0.416 e. The van der Waals surface area contributed by atoms with Crippen LogP contribution in [0.3, 0.4) is 0 Å². The maximum Gasteiger partial charge on any atom is 0.416 e. The molecule has 6 nitrogen and oxygen atoms in total. The van der Waals surface area contributed by atoms with E-state index < -0.39 is 17.8 Å². The highest BCUT2D eigenvalue weighted by Gasteiger charge is 2.33. The predicted octanol–water partition coefficient (Wildman–Crippen LogP) is 3.88. The summed E-state index contributed by atoms with van der Waals surface area (Å²) in [5.41, 5.74) is 6.55. The van der Waals surface area contributed by atoms with Crippen molar-refractivity contribution in [2.24, 2.45) is 0 Å². The van der Waals surface area contributed by atoms with Crippen LogP contribution < -0.4 is 5.73 Å². The summed E-state index contributed by atoms with van der Waals surface area (Å²) in [6.07, 6.45) is -3.44. The number of carbonyl (C=O) groups excluding carboxylic acids is 1. The average Bonchev–Trinajstić information content (AvgIpc) is 2.79. The molecule has 1 aliphatic heterocycles. The van der Waals surface area contributed by atoms with Crippen LogP contribution >= 0.6 is 0 Å². The molecule has 3 aromatic rings. The topological polar surface area (TPSA) is 81.3 Å². The molecule has 3 heterocycles. The Labute approximate surface area is 182 Å². The van der Waals surface area contributed by atoms with Gasteiger partial charge in [-0.15, -0.1) is 0 Å². The predicted molar refractivity (Wildman–Crippen MR) is 112 cm³/mol. The van der Waals surface area contributed by atoms with Crippen molar-refractivity contribution in [1.29, 1.82) is 0 Å². The fourth-order valence-electron chi connectivity index (χ4n) is 3.65. The Kier molecular flexibility index (Phi) is 6.09. The number of benzene rings is 1. The number of aromatic nitrogens is 2. The molecular formula is C23H21F3N4O2. The Balaban J connectivity index is 1.51. The summed E-state index contributed by atoms with van der Waals surface area (Å²) >= 11 is 0. The quantitative estimate of drug-likeness (QED) is 0.663. The molecule has 32 heavy (non-hydrogen) atoms. The summed E-state index contributed by atoms with van der Waals surface area (Å²) in [6, 6.07) is 13.8. The first kappa shape index (κ1) is 21.8. The van der Waals surface area contributed by atoms with Gasteiger partial charge in [-0.2, -0.15) is 13.2 Å². The molecule has 166 valence electrons. The number of alkyl halides is 3. The zero-order chi connectivity index (χ0) is 22.7. The minimum Gasteiger partial charge on any atom is -0.384 e. The molecule has 0 saturated carbocycles. The van der Waals surface area contributed by atoms with Gasteiger partial charge >= 0.3 is 6.18 Å². The second-order valence-electron chi connectivity index (χ2n) is 7.47. The zero-order valence-electron chi connectivity index (χ0n) is 17.0. The van der Waals surface area contributed by atoms with Crippen LogP contribution in [0.1, 0.15) is 39.0 Å². The molecule has 0 spiro atoms. The second kappa shape index (κ2) is 8.96. The minimum atomic E-state index is -4.43. The monoisotopic (exact) mass is 442 g/mol. The van der Waals surface area contributed by atoms with E-state index in [-0.39, 0.29) is 24.4 Å². The Morgan fingerprint density at radius 2 is 1.94 bits per heavy atom. The van der Waals surface area contributed by atoms with Crippen LogP contribution in [0, 0.1) is 0 Å². The van der Waals surface area contributed by atoms with Crippen molar-refractivity contribution < 1.29 is 22.7 Å². The number of nitrogen functional groups attached to an aromatic ring is 1. The van der Waals surface area contributed by atoms with E-state index in [1.54, 1.807) is 41.3 Å². The number of nitrogens with two attached hydrogens (primary N) is 1. The van der Waals surface area contributed by atoms with Gasteiger partial charge < -0.3 is 15.4 Å². The van der Waals surface area contributed by atoms with Crippen molar-refractivity contribution in [1.82, 2.24) is 14.9 Å². The van der Waals surface area contributed by atoms with Crippen LogP contribution in [0.2, 0.25) is 0 Å². The Morgan fingerprint density at radius 1 is 1.12 bits per heavy atom. The molecule has 2 aromatic heterocycles. The zero-order valence-corrected chi connectivity index (χ0v) is 17.0. The number of carbonyl (C=O) groups is 1. The third-order valence-electron chi connectivity index (χ3n) is 5.24. The molecule has 9 heteroatoms. The van der Waals surface area contributed by atoms with Gasteiger partial charge in [-0.25, -0.2) is 4.98 Å². The highest BCUT2D eigenvalue weighted by Crippen LogP contribution is 2.33. The minimum absolute atomic E-state index is 0.0377. The van der Waals surface area contributed by atoms with Crippen LogP contribution in [-0.2, 0) is 17.3 Å². The lowest BCUT2D eigenvalue weighted by Crippen LogP contribution is -2.42. The Hall–Kier alpha value is -3.46. The maximum absolute atomic E-state index is 13.3. The van der Waals surface area contributed by atoms with Gasteiger partial charge in [-0.1, -0.05) is 24.3 Å². The van der Waals surface area contributed by atoms with Gasteiger partial charge in [-0.05, 0) is 35.9 Å². The molecule has 0 radical (unpaired) electrons. The number of hydrogen-bond acceptors (Lipinski definition) is 5. The molecular weight excluding hydrogens is 421 g/mol. The molecule has 1 amide bonds. The summed E-state index contributed by atoms with van der Waals surface area (Å²) < 4.78 is 45.7. The van der Waals surface area contributed by atoms with Crippen LogP contribution in [0.4, 0.5) is 19.0 Å². The number of anilines is 1. The van der Waals surface area contributed by atoms with Gasteiger partial charge in [0.15, 0.2) is 0 Å². The number of pyridine rings is 2. The highest BCUT2D eigenvalue weighted by atomic mass is 19.4. The SMILES string of the molecule is Nc1ccc(C(=O)N2CCO[C@H](c3cccc(Cc4ccccc4C(F)(F)F)n3)C2)cn1. The smallest absolute Gasteiger partial charge is 0.384 e. The Bertz CT molecular complexity index is 1100. The van der Waals surface area contributed by atoms with E-state index in [1.165, 1.54) is 18.3 Å². The van der Waals surface area contributed by atoms with E-state index in [4.69, 9.17) is 10.5 Å². The van der Waals surface area contributed by atoms with E-state index in [2.05, 4.69) is 9.97 Å². The van der Waals surface area contributed by atoms with Crippen molar-refractivity contribution in [3.63, 3.8) is 0 Å². The van der Waals surface area contributed by atoms with Gasteiger partial charge in [0.2, 0.25) is 0 Å². The molecule has 1 atom stereocenters. The number of amides is 1. The second-order valence-corrected chi connectivity index (χ2v) is 7.47. The number of ether oxygens (including phenoxy) is 1. The molecule has 0 aliphatic carbocycles. The average molecular weight is 442 g/mol. The number of hydrogen-bond donors (Lipinski definition) is 1. The van der Waals surface area contributed by atoms with E-state index >= 15 is 0 Å². The summed E-state index contributed by atoms with van der Waals surface area (Å²) in [4.78, 5) is 22.9. The normalized spacial score (nSPS) is 16.7. The fraction of sp³-hybridized carbons (Fsp3) is 0.261. The standard InChI is InChI=1S/C23H21F3N4O2/c24-23(25,26)18-6-2-1-4-15(18)12-17-5-3-7-19(29-17)20-14-30(10-11-32-20)22(31)16-8-9-21(27)28-13-16/h1-9,13,20H,10-12,14H2,(H2,27,28)/t20-/m0/s1. The first-order chi connectivity index (χ1) is 15.3. The van der Waals surface area contributed by atoms with E-state index in [0.29, 0.717) is 35.9 Å². The summed E-state index contributed by atoms with van der Waals surface area (Å²) in [5.74, 6) is 0.135. The Morgan fingerprint density at radius 3 is 2.69 bits per heavy atom. The highest BCUT2D eigenvalue weighted by molar-refractivity contribution is 5.94. The van der Waals surface area contributed by atoms with Crippen LogP contribution in [-0.4, -0.2) is 40.5 Å². The first-order valence-electron chi connectivity index (χ1n) is 10.0. The van der Waals surface area contributed by atoms with E-state index in [1.807, 2.05) is 0 Å². The molecule has 0 bridgehead atoms. The van der Waals surface area contributed by atoms with E-state index in [0.717, 1.165) is 6.07 Å². The number of rotatable bonds is 4. The van der Waals surface area contributed by atoms with Crippen LogP contribution in [0.25, 0.3) is 0 Å². The van der Waals surface area contributed by atoms with Crippen molar-refractivity contribution >= 4 is 11.7 Å². The molecule has 1 aliphatic rings. The fourth-order valence-corrected chi connectivity index (χ4v) is 3.65. The number of halogens is 3. The van der Waals surface area contributed by atoms with Crippen molar-refractivity contribution in [3.05, 3.63) is 88.9 Å². The lowest BCUT2D eigenvalue weighted by atomic mass is 10.0. The molecule has 1 saturated heterocycles. The van der Waals surface area contributed by atoms with Gasteiger partial charge in [-0.3, -0.25) is 9.78 Å². The molecule has 4 rings (SSSR count). The third-order valence-corrected chi connectivity index (χ3v) is 5.24. The molecule has 0 unspecified atom stereocenters. The summed E-state index contributed by atoms with van der Waals surface area (Å²) in [6.45, 7) is 1.01. The van der Waals surface area contributed by atoms with Gasteiger partial charge in [0, 0.05) is 24.9 Å². The lowest BCUT2D eigenvalue weighted by Gasteiger charge is -2.32. The molecule has 2 N–H and O–H groups in total. The van der Waals surface area contributed by atoms with Crippen molar-refractivity contribution in [2.75, 3.05) is 25.4 Å². The van der Waals surface area contributed by atoms with E-state index in [9.17, 15) is 18.0 Å². The third kappa shape index (κ3) is 4.88. The maximum atomic E-state index is 13.3. The van der Waals surface area contributed by atoms with Crippen molar-refractivity contribution in [2.45, 2.75) is 18.7 Å². The van der Waals surface area contributed by atoms with Gasteiger partial charge in [0.05, 0.1) is 30.0 Å². The van der Waals surface area contributed by atoms with Crippen LogP contribution in [0.5, 0.6) is 0 Å². The van der Waals surface area contributed by atoms with Crippen LogP contribution in [0.15, 0.2) is 60.8 Å².